The Morgan fingerprint density at radius 2 is 2.03 bits per heavy atom. The monoisotopic (exact) mass is 402 g/mol. The molecule has 6 nitrogen and oxygen atoms in total. The maximum absolute atomic E-state index is 5.79. The Morgan fingerprint density at radius 3 is 2.76 bits per heavy atom. The minimum absolute atomic E-state index is 0.286. The molecular weight excluding hydrogens is 364 g/mol. The molecule has 6 heteroatoms. The van der Waals surface area contributed by atoms with E-state index in [2.05, 4.69) is 51.7 Å². The van der Waals surface area contributed by atoms with Gasteiger partial charge in [-0.2, -0.15) is 0 Å². The molecule has 2 saturated heterocycles. The van der Waals surface area contributed by atoms with Crippen molar-refractivity contribution in [1.29, 1.82) is 0 Å². The minimum Gasteiger partial charge on any atom is -0.379 e. The highest BCUT2D eigenvalue weighted by atomic mass is 16.5. The van der Waals surface area contributed by atoms with Crippen molar-refractivity contribution in [3.63, 3.8) is 0 Å². The number of rotatable bonds is 9. The highest BCUT2D eigenvalue weighted by Crippen LogP contribution is 2.18. The number of benzene rings is 1. The normalized spacial score (nSPS) is 23.3. The second-order valence-corrected chi connectivity index (χ2v) is 8.36. The van der Waals surface area contributed by atoms with Gasteiger partial charge in [-0.1, -0.05) is 31.2 Å². The Kier molecular flexibility index (Phi) is 9.25. The van der Waals surface area contributed by atoms with E-state index in [1.54, 1.807) is 0 Å². The Bertz CT molecular complexity index is 614. The predicted molar refractivity (Wildman–Crippen MR) is 118 cm³/mol. The summed E-state index contributed by atoms with van der Waals surface area (Å²) in [6.45, 7) is 9.84. The van der Waals surface area contributed by atoms with Gasteiger partial charge in [0.1, 0.15) is 0 Å². The summed E-state index contributed by atoms with van der Waals surface area (Å²) in [5, 5.41) is 6.75. The number of nitrogens with one attached hydrogen (secondary N) is 2. The summed E-state index contributed by atoms with van der Waals surface area (Å²) in [6.07, 6.45) is 4.97. The summed E-state index contributed by atoms with van der Waals surface area (Å²) < 4.78 is 11.1. The summed E-state index contributed by atoms with van der Waals surface area (Å²) in [4.78, 5) is 6.89. The van der Waals surface area contributed by atoms with Gasteiger partial charge >= 0.3 is 0 Å². The summed E-state index contributed by atoms with van der Waals surface area (Å²) in [5.41, 5.74) is 2.67. The molecular formula is C23H38N4O2. The van der Waals surface area contributed by atoms with E-state index in [1.165, 1.54) is 37.1 Å². The summed E-state index contributed by atoms with van der Waals surface area (Å²) >= 11 is 0. The zero-order valence-electron chi connectivity index (χ0n) is 18.2. The molecule has 0 bridgehead atoms. The smallest absolute Gasteiger partial charge is 0.191 e. The molecule has 1 aromatic carbocycles. The summed E-state index contributed by atoms with van der Waals surface area (Å²) in [5.74, 6) is 1.66. The third-order valence-corrected chi connectivity index (χ3v) is 5.71. The third-order valence-electron chi connectivity index (χ3n) is 5.71. The van der Waals surface area contributed by atoms with Crippen LogP contribution in [0.25, 0.3) is 0 Å². The second kappa shape index (κ2) is 12.2. The van der Waals surface area contributed by atoms with Crippen LogP contribution < -0.4 is 10.6 Å². The maximum Gasteiger partial charge on any atom is 0.191 e. The maximum atomic E-state index is 5.79. The average Bonchev–Trinajstić information content (AvgIpc) is 3.25. The van der Waals surface area contributed by atoms with Gasteiger partial charge in [0.05, 0.1) is 12.7 Å². The van der Waals surface area contributed by atoms with Crippen molar-refractivity contribution in [2.24, 2.45) is 10.9 Å². The van der Waals surface area contributed by atoms with Crippen molar-refractivity contribution in [3.05, 3.63) is 35.4 Å². The SMILES string of the molecule is CN=C(NCCCOC1CCOC1)NCc1ccc(CN2CCCC(C)C2)cc1. The van der Waals surface area contributed by atoms with Crippen molar-refractivity contribution >= 4 is 5.96 Å². The van der Waals surface area contributed by atoms with Crippen LogP contribution in [0.4, 0.5) is 0 Å². The first kappa shape index (κ1) is 22.1. The molecule has 0 aliphatic carbocycles. The first-order chi connectivity index (χ1) is 14.2. The van der Waals surface area contributed by atoms with Gasteiger partial charge in [0.2, 0.25) is 0 Å². The lowest BCUT2D eigenvalue weighted by molar-refractivity contribution is 0.0420. The number of guanidine groups is 1. The van der Waals surface area contributed by atoms with E-state index >= 15 is 0 Å². The number of hydrogen-bond acceptors (Lipinski definition) is 4. The van der Waals surface area contributed by atoms with Crippen LogP contribution in [0.2, 0.25) is 0 Å². The quantitative estimate of drug-likeness (QED) is 0.378. The largest absolute Gasteiger partial charge is 0.379 e. The molecule has 2 N–H and O–H groups in total. The van der Waals surface area contributed by atoms with E-state index in [-0.39, 0.29) is 6.10 Å². The van der Waals surface area contributed by atoms with E-state index in [1.807, 2.05) is 7.05 Å². The van der Waals surface area contributed by atoms with Crippen LogP contribution in [-0.2, 0) is 22.6 Å². The molecule has 2 aliphatic heterocycles. The van der Waals surface area contributed by atoms with Gasteiger partial charge in [0, 0.05) is 46.4 Å². The molecule has 29 heavy (non-hydrogen) atoms. The van der Waals surface area contributed by atoms with E-state index in [0.29, 0.717) is 0 Å². The standard InChI is InChI=1S/C23H38N4O2/c1-19-5-3-12-27(16-19)17-21-8-6-20(7-9-21)15-26-23(24-2)25-11-4-13-29-22-10-14-28-18-22/h6-9,19,22H,3-5,10-18H2,1-2H3,(H2,24,25,26). The predicted octanol–water partition coefficient (Wildman–Crippen LogP) is 2.78. The Labute approximate surface area is 176 Å². The van der Waals surface area contributed by atoms with Crippen molar-refractivity contribution < 1.29 is 9.47 Å². The zero-order valence-corrected chi connectivity index (χ0v) is 18.2. The molecule has 2 atom stereocenters. The van der Waals surface area contributed by atoms with Crippen molar-refractivity contribution in [1.82, 2.24) is 15.5 Å². The van der Waals surface area contributed by atoms with Crippen LogP contribution in [-0.4, -0.2) is 63.5 Å². The molecule has 0 aromatic heterocycles. The first-order valence-electron chi connectivity index (χ1n) is 11.2. The van der Waals surface area contributed by atoms with Crippen LogP contribution in [0.1, 0.15) is 43.7 Å². The molecule has 0 spiro atoms. The van der Waals surface area contributed by atoms with Gasteiger partial charge in [-0.05, 0) is 49.3 Å². The van der Waals surface area contributed by atoms with E-state index in [0.717, 1.165) is 64.2 Å². The Hall–Kier alpha value is -1.63. The lowest BCUT2D eigenvalue weighted by Crippen LogP contribution is -2.37. The highest BCUT2D eigenvalue weighted by Gasteiger charge is 2.16. The fraction of sp³-hybridized carbons (Fsp3) is 0.696. The molecule has 2 aliphatic rings. The molecule has 2 heterocycles. The number of likely N-dealkylation sites (tertiary alicyclic amines) is 1. The van der Waals surface area contributed by atoms with Gasteiger partial charge in [-0.15, -0.1) is 0 Å². The van der Waals surface area contributed by atoms with Gasteiger partial charge < -0.3 is 20.1 Å². The molecule has 2 fully saturated rings. The van der Waals surface area contributed by atoms with Crippen LogP contribution in [0, 0.1) is 5.92 Å². The molecule has 162 valence electrons. The fourth-order valence-electron chi connectivity index (χ4n) is 4.03. The summed E-state index contributed by atoms with van der Waals surface area (Å²) in [7, 11) is 1.81. The number of aliphatic imine (C=N–C) groups is 1. The van der Waals surface area contributed by atoms with Crippen molar-refractivity contribution in [2.75, 3.05) is 46.5 Å². The lowest BCUT2D eigenvalue weighted by atomic mass is 9.99. The van der Waals surface area contributed by atoms with Gasteiger partial charge in [0.15, 0.2) is 5.96 Å². The van der Waals surface area contributed by atoms with Crippen LogP contribution in [0.15, 0.2) is 29.3 Å². The zero-order chi connectivity index (χ0) is 20.3. The van der Waals surface area contributed by atoms with E-state index in [9.17, 15) is 0 Å². The lowest BCUT2D eigenvalue weighted by Gasteiger charge is -2.30. The number of piperidine rings is 1. The van der Waals surface area contributed by atoms with Crippen LogP contribution >= 0.6 is 0 Å². The molecule has 2 unspecified atom stereocenters. The molecule has 0 amide bonds. The van der Waals surface area contributed by atoms with Gasteiger partial charge in [0.25, 0.3) is 0 Å². The third kappa shape index (κ3) is 7.96. The molecule has 3 rings (SSSR count). The number of ether oxygens (including phenoxy) is 2. The Morgan fingerprint density at radius 1 is 1.21 bits per heavy atom. The first-order valence-corrected chi connectivity index (χ1v) is 11.2. The van der Waals surface area contributed by atoms with Crippen molar-refractivity contribution in [2.45, 2.75) is 51.8 Å². The molecule has 1 aromatic rings. The molecule has 0 saturated carbocycles. The van der Waals surface area contributed by atoms with E-state index in [4.69, 9.17) is 9.47 Å². The fourth-order valence-corrected chi connectivity index (χ4v) is 4.03. The molecule has 0 radical (unpaired) electrons. The van der Waals surface area contributed by atoms with Crippen LogP contribution in [0.3, 0.4) is 0 Å². The summed E-state index contributed by atoms with van der Waals surface area (Å²) in [6, 6.07) is 8.97. The number of nitrogens with zero attached hydrogens (tertiary/aromatic N) is 2. The average molecular weight is 403 g/mol. The minimum atomic E-state index is 0.286. The second-order valence-electron chi connectivity index (χ2n) is 8.36. The Balaban J connectivity index is 1.31. The van der Waals surface area contributed by atoms with E-state index < -0.39 is 0 Å². The van der Waals surface area contributed by atoms with Crippen molar-refractivity contribution in [3.8, 4) is 0 Å². The van der Waals surface area contributed by atoms with Gasteiger partial charge in [-0.3, -0.25) is 9.89 Å². The number of hydrogen-bond donors (Lipinski definition) is 2. The topological polar surface area (TPSA) is 58.1 Å². The highest BCUT2D eigenvalue weighted by molar-refractivity contribution is 5.79. The van der Waals surface area contributed by atoms with Gasteiger partial charge in [-0.25, -0.2) is 0 Å². The van der Waals surface area contributed by atoms with Crippen LogP contribution in [0.5, 0.6) is 0 Å².